The van der Waals surface area contributed by atoms with E-state index in [2.05, 4.69) is 0 Å². The van der Waals surface area contributed by atoms with Crippen LogP contribution in [0, 0.1) is 13.8 Å². The normalized spacial score (nSPS) is 11.7. The average molecular weight is 242 g/mol. The number of ether oxygens (including phenoxy) is 1. The van der Waals surface area contributed by atoms with Crippen LogP contribution in [-0.4, -0.2) is 27.9 Å². The van der Waals surface area contributed by atoms with Crippen LogP contribution in [0.2, 0.25) is 0 Å². The maximum absolute atomic E-state index is 11.7. The van der Waals surface area contributed by atoms with Crippen molar-refractivity contribution in [1.29, 1.82) is 0 Å². The first-order valence-corrected chi connectivity index (χ1v) is 7.02. The number of hydrogen-bond acceptors (Lipinski definition) is 3. The highest BCUT2D eigenvalue weighted by molar-refractivity contribution is 7.90. The fourth-order valence-electron chi connectivity index (χ4n) is 1.48. The second-order valence-electron chi connectivity index (χ2n) is 4.01. The van der Waals surface area contributed by atoms with Crippen molar-refractivity contribution in [3.8, 4) is 0 Å². The average Bonchev–Trinajstić information content (AvgIpc) is 2.20. The van der Waals surface area contributed by atoms with E-state index in [9.17, 15) is 8.42 Å². The lowest BCUT2D eigenvalue weighted by Gasteiger charge is -2.08. The summed E-state index contributed by atoms with van der Waals surface area (Å²) in [6.07, 6.45) is 0. The Bertz CT molecular complexity index is 449. The SMILES string of the molecule is COCCS(=O)(=O)Cc1cc(C)ccc1C. The summed E-state index contributed by atoms with van der Waals surface area (Å²) in [4.78, 5) is 0. The Labute approximate surface area is 97.4 Å². The highest BCUT2D eigenvalue weighted by atomic mass is 32.2. The summed E-state index contributed by atoms with van der Waals surface area (Å²) < 4.78 is 28.3. The van der Waals surface area contributed by atoms with Crippen LogP contribution < -0.4 is 0 Å². The Balaban J connectivity index is 2.83. The van der Waals surface area contributed by atoms with Crippen LogP contribution in [0.4, 0.5) is 0 Å². The molecule has 1 aromatic carbocycles. The van der Waals surface area contributed by atoms with Crippen molar-refractivity contribution in [2.24, 2.45) is 0 Å². The van der Waals surface area contributed by atoms with Crippen LogP contribution in [0.5, 0.6) is 0 Å². The molecule has 0 heterocycles. The molecule has 0 fully saturated rings. The lowest BCUT2D eigenvalue weighted by Crippen LogP contribution is -2.14. The van der Waals surface area contributed by atoms with Gasteiger partial charge in [-0.25, -0.2) is 8.42 Å². The third-order valence-corrected chi connectivity index (χ3v) is 4.02. The van der Waals surface area contributed by atoms with Crippen LogP contribution in [0.1, 0.15) is 16.7 Å². The van der Waals surface area contributed by atoms with Crippen LogP contribution in [-0.2, 0) is 20.3 Å². The highest BCUT2D eigenvalue weighted by Crippen LogP contribution is 2.14. The summed E-state index contributed by atoms with van der Waals surface area (Å²) in [6, 6.07) is 5.87. The van der Waals surface area contributed by atoms with E-state index in [1.807, 2.05) is 32.0 Å². The second kappa shape index (κ2) is 5.46. The number of benzene rings is 1. The fraction of sp³-hybridized carbons (Fsp3) is 0.500. The molecule has 16 heavy (non-hydrogen) atoms. The summed E-state index contributed by atoms with van der Waals surface area (Å²) in [6.45, 7) is 4.15. The maximum atomic E-state index is 11.7. The van der Waals surface area contributed by atoms with Crippen molar-refractivity contribution in [2.45, 2.75) is 19.6 Å². The van der Waals surface area contributed by atoms with Crippen LogP contribution >= 0.6 is 0 Å². The van der Waals surface area contributed by atoms with E-state index in [4.69, 9.17) is 4.74 Å². The van der Waals surface area contributed by atoms with Crippen molar-refractivity contribution in [3.05, 3.63) is 34.9 Å². The fourth-order valence-corrected chi connectivity index (χ4v) is 2.82. The molecule has 0 spiro atoms. The minimum Gasteiger partial charge on any atom is -0.384 e. The number of methoxy groups -OCH3 is 1. The Morgan fingerprint density at radius 3 is 2.56 bits per heavy atom. The van der Waals surface area contributed by atoms with Gasteiger partial charge in [0.05, 0.1) is 18.1 Å². The first-order valence-electron chi connectivity index (χ1n) is 5.20. The largest absolute Gasteiger partial charge is 0.384 e. The highest BCUT2D eigenvalue weighted by Gasteiger charge is 2.13. The van der Waals surface area contributed by atoms with Crippen LogP contribution in [0.3, 0.4) is 0 Å². The van der Waals surface area contributed by atoms with E-state index in [1.165, 1.54) is 7.11 Å². The third kappa shape index (κ3) is 3.94. The summed E-state index contributed by atoms with van der Waals surface area (Å²) in [7, 11) is -1.55. The van der Waals surface area contributed by atoms with Gasteiger partial charge in [-0.05, 0) is 25.0 Å². The molecule has 90 valence electrons. The molecule has 4 heteroatoms. The summed E-state index contributed by atoms with van der Waals surface area (Å²) >= 11 is 0. The molecule has 3 nitrogen and oxygen atoms in total. The maximum Gasteiger partial charge on any atom is 0.156 e. The monoisotopic (exact) mass is 242 g/mol. The van der Waals surface area contributed by atoms with Gasteiger partial charge >= 0.3 is 0 Å². The van der Waals surface area contributed by atoms with Gasteiger partial charge in [0.1, 0.15) is 0 Å². The van der Waals surface area contributed by atoms with E-state index in [1.54, 1.807) is 0 Å². The standard InChI is InChI=1S/C12H18O3S/c1-10-4-5-11(2)12(8-10)9-16(13,14)7-6-15-3/h4-5,8H,6-7,9H2,1-3H3. The van der Waals surface area contributed by atoms with Gasteiger partial charge in [0.15, 0.2) is 9.84 Å². The lowest BCUT2D eigenvalue weighted by molar-refractivity contribution is 0.217. The second-order valence-corrected chi connectivity index (χ2v) is 6.20. The molecule has 1 rings (SSSR count). The zero-order valence-corrected chi connectivity index (χ0v) is 10.8. The number of rotatable bonds is 5. The molecule has 0 aromatic heterocycles. The Kier molecular flexibility index (Phi) is 4.50. The molecule has 0 aliphatic rings. The number of sulfone groups is 1. The molecule has 0 saturated heterocycles. The van der Waals surface area contributed by atoms with Gasteiger partial charge in [-0.1, -0.05) is 23.8 Å². The van der Waals surface area contributed by atoms with Crippen molar-refractivity contribution < 1.29 is 13.2 Å². The topological polar surface area (TPSA) is 43.4 Å². The minimum atomic E-state index is -3.06. The van der Waals surface area contributed by atoms with Gasteiger partial charge in [0.2, 0.25) is 0 Å². The molecule has 0 radical (unpaired) electrons. The zero-order valence-electron chi connectivity index (χ0n) is 9.99. The Morgan fingerprint density at radius 2 is 1.94 bits per heavy atom. The smallest absolute Gasteiger partial charge is 0.156 e. The van der Waals surface area contributed by atoms with E-state index < -0.39 is 9.84 Å². The number of aryl methyl sites for hydroxylation is 2. The molecule has 0 atom stereocenters. The van der Waals surface area contributed by atoms with Gasteiger partial charge in [-0.2, -0.15) is 0 Å². The molecule has 0 unspecified atom stereocenters. The third-order valence-electron chi connectivity index (χ3n) is 2.48. The van der Waals surface area contributed by atoms with Gasteiger partial charge in [-0.3, -0.25) is 0 Å². The van der Waals surface area contributed by atoms with Gasteiger partial charge < -0.3 is 4.74 Å². The van der Waals surface area contributed by atoms with E-state index in [0.29, 0.717) is 0 Å². The molecular weight excluding hydrogens is 224 g/mol. The molecule has 0 N–H and O–H groups in total. The molecule has 1 aromatic rings. The van der Waals surface area contributed by atoms with Gasteiger partial charge in [-0.15, -0.1) is 0 Å². The van der Waals surface area contributed by atoms with E-state index in [0.717, 1.165) is 16.7 Å². The summed E-state index contributed by atoms with van der Waals surface area (Å²) in [5.74, 6) is 0.181. The van der Waals surface area contributed by atoms with Crippen molar-refractivity contribution in [3.63, 3.8) is 0 Å². The summed E-state index contributed by atoms with van der Waals surface area (Å²) in [5.41, 5.74) is 2.99. The Morgan fingerprint density at radius 1 is 1.25 bits per heavy atom. The van der Waals surface area contributed by atoms with Crippen molar-refractivity contribution in [1.82, 2.24) is 0 Å². The van der Waals surface area contributed by atoms with Gasteiger partial charge in [0, 0.05) is 7.11 Å². The predicted octanol–water partition coefficient (Wildman–Crippen LogP) is 1.86. The lowest BCUT2D eigenvalue weighted by atomic mass is 10.1. The van der Waals surface area contributed by atoms with E-state index >= 15 is 0 Å². The molecule has 0 amide bonds. The first-order chi connectivity index (χ1) is 7.44. The molecule has 0 aliphatic carbocycles. The summed E-state index contributed by atoms with van der Waals surface area (Å²) in [5, 5.41) is 0. The molecule has 0 aliphatic heterocycles. The minimum absolute atomic E-state index is 0.0802. The van der Waals surface area contributed by atoms with E-state index in [-0.39, 0.29) is 18.1 Å². The first kappa shape index (κ1) is 13.2. The molecule has 0 bridgehead atoms. The number of hydrogen-bond donors (Lipinski definition) is 0. The Hall–Kier alpha value is -0.870. The zero-order chi connectivity index (χ0) is 12.2. The quantitative estimate of drug-likeness (QED) is 0.791. The van der Waals surface area contributed by atoms with Crippen LogP contribution in [0.15, 0.2) is 18.2 Å². The molecular formula is C12H18O3S. The van der Waals surface area contributed by atoms with Crippen molar-refractivity contribution >= 4 is 9.84 Å². The molecule has 0 saturated carbocycles. The van der Waals surface area contributed by atoms with Crippen molar-refractivity contribution in [2.75, 3.05) is 19.5 Å². The predicted molar refractivity (Wildman–Crippen MR) is 65.3 cm³/mol. The van der Waals surface area contributed by atoms with Gasteiger partial charge in [0.25, 0.3) is 0 Å². The van der Waals surface area contributed by atoms with Crippen LogP contribution in [0.25, 0.3) is 0 Å².